The Hall–Kier alpha value is -1.75. The maximum Gasteiger partial charge on any atom is 0.238 e. The molecule has 0 amide bonds. The lowest BCUT2D eigenvalue weighted by molar-refractivity contribution is 0.401. The SMILES string of the molecule is COc1nc(NC(C)c2cccc(Br)c2)ccc1N. The van der Waals surface area contributed by atoms with Gasteiger partial charge in [-0.15, -0.1) is 0 Å². The fourth-order valence-corrected chi connectivity index (χ4v) is 2.19. The largest absolute Gasteiger partial charge is 0.479 e. The first kappa shape index (κ1) is 13.7. The summed E-state index contributed by atoms with van der Waals surface area (Å²) in [6.07, 6.45) is 0. The van der Waals surface area contributed by atoms with Crippen molar-refractivity contribution in [1.29, 1.82) is 0 Å². The number of nitrogen functional groups attached to an aromatic ring is 1. The number of nitrogens with two attached hydrogens (primary N) is 1. The van der Waals surface area contributed by atoms with Crippen LogP contribution in [0.25, 0.3) is 0 Å². The van der Waals surface area contributed by atoms with E-state index in [-0.39, 0.29) is 6.04 Å². The highest BCUT2D eigenvalue weighted by Gasteiger charge is 2.08. The molecule has 4 nitrogen and oxygen atoms in total. The van der Waals surface area contributed by atoms with Gasteiger partial charge in [-0.1, -0.05) is 28.1 Å². The summed E-state index contributed by atoms with van der Waals surface area (Å²) in [4.78, 5) is 4.31. The first-order valence-electron chi connectivity index (χ1n) is 5.92. The molecule has 0 aliphatic heterocycles. The van der Waals surface area contributed by atoms with Gasteiger partial charge in [-0.2, -0.15) is 4.98 Å². The number of benzene rings is 1. The van der Waals surface area contributed by atoms with Gasteiger partial charge in [-0.3, -0.25) is 0 Å². The first-order chi connectivity index (χ1) is 9.10. The summed E-state index contributed by atoms with van der Waals surface area (Å²) in [5.74, 6) is 1.17. The van der Waals surface area contributed by atoms with Crippen molar-refractivity contribution in [3.63, 3.8) is 0 Å². The van der Waals surface area contributed by atoms with Crippen molar-refractivity contribution in [2.45, 2.75) is 13.0 Å². The lowest BCUT2D eigenvalue weighted by Crippen LogP contribution is -2.08. The van der Waals surface area contributed by atoms with Gasteiger partial charge in [0.15, 0.2) is 0 Å². The minimum absolute atomic E-state index is 0.137. The van der Waals surface area contributed by atoms with Gasteiger partial charge in [0.05, 0.1) is 12.8 Å². The van der Waals surface area contributed by atoms with Crippen molar-refractivity contribution >= 4 is 27.4 Å². The van der Waals surface area contributed by atoms with Crippen LogP contribution >= 0.6 is 15.9 Å². The summed E-state index contributed by atoms with van der Waals surface area (Å²) in [6, 6.07) is 11.9. The first-order valence-corrected chi connectivity index (χ1v) is 6.72. The van der Waals surface area contributed by atoms with Gasteiger partial charge in [-0.05, 0) is 36.8 Å². The number of aromatic nitrogens is 1. The monoisotopic (exact) mass is 321 g/mol. The van der Waals surface area contributed by atoms with E-state index in [9.17, 15) is 0 Å². The summed E-state index contributed by atoms with van der Waals surface area (Å²) in [5.41, 5.74) is 7.44. The Morgan fingerprint density at radius 3 is 2.79 bits per heavy atom. The van der Waals surface area contributed by atoms with Crippen molar-refractivity contribution in [2.24, 2.45) is 0 Å². The highest BCUT2D eigenvalue weighted by Crippen LogP contribution is 2.24. The second-order valence-corrected chi connectivity index (χ2v) is 5.13. The van der Waals surface area contributed by atoms with E-state index in [0.29, 0.717) is 11.6 Å². The van der Waals surface area contributed by atoms with Crippen LogP contribution in [0.1, 0.15) is 18.5 Å². The van der Waals surface area contributed by atoms with Crippen molar-refractivity contribution in [1.82, 2.24) is 4.98 Å². The molecule has 0 bridgehead atoms. The van der Waals surface area contributed by atoms with Crippen LogP contribution in [-0.2, 0) is 0 Å². The maximum atomic E-state index is 5.74. The lowest BCUT2D eigenvalue weighted by atomic mass is 10.1. The maximum absolute atomic E-state index is 5.74. The van der Waals surface area contributed by atoms with Crippen molar-refractivity contribution < 1.29 is 4.74 Å². The van der Waals surface area contributed by atoms with Crippen LogP contribution in [0.15, 0.2) is 40.9 Å². The average Bonchev–Trinajstić information content (AvgIpc) is 2.41. The molecule has 2 rings (SSSR count). The van der Waals surface area contributed by atoms with E-state index in [4.69, 9.17) is 10.5 Å². The van der Waals surface area contributed by atoms with Crippen LogP contribution in [0.4, 0.5) is 11.5 Å². The van der Waals surface area contributed by atoms with Gasteiger partial charge in [0.1, 0.15) is 5.82 Å². The Morgan fingerprint density at radius 2 is 2.11 bits per heavy atom. The van der Waals surface area contributed by atoms with E-state index in [0.717, 1.165) is 10.3 Å². The highest BCUT2D eigenvalue weighted by molar-refractivity contribution is 9.10. The predicted octanol–water partition coefficient (Wildman–Crippen LogP) is 3.61. The number of hydrogen-bond acceptors (Lipinski definition) is 4. The summed E-state index contributed by atoms with van der Waals surface area (Å²) >= 11 is 3.47. The summed E-state index contributed by atoms with van der Waals surface area (Å²) in [6.45, 7) is 2.08. The Labute approximate surface area is 121 Å². The molecule has 100 valence electrons. The molecule has 1 unspecified atom stereocenters. The molecule has 1 aromatic heterocycles. The number of ether oxygens (including phenoxy) is 1. The quantitative estimate of drug-likeness (QED) is 0.903. The molecule has 0 saturated carbocycles. The van der Waals surface area contributed by atoms with Gasteiger partial charge in [0, 0.05) is 10.5 Å². The molecule has 3 N–H and O–H groups in total. The Balaban J connectivity index is 2.17. The van der Waals surface area contributed by atoms with Gasteiger partial charge in [-0.25, -0.2) is 0 Å². The second kappa shape index (κ2) is 5.93. The normalized spacial score (nSPS) is 11.9. The second-order valence-electron chi connectivity index (χ2n) is 4.22. The van der Waals surface area contributed by atoms with Gasteiger partial charge in [0.2, 0.25) is 5.88 Å². The number of nitrogens with zero attached hydrogens (tertiary/aromatic N) is 1. The number of anilines is 2. The molecule has 19 heavy (non-hydrogen) atoms. The number of methoxy groups -OCH3 is 1. The average molecular weight is 322 g/mol. The van der Waals surface area contributed by atoms with E-state index >= 15 is 0 Å². The molecule has 2 aromatic rings. The van der Waals surface area contributed by atoms with Crippen LogP contribution in [0.5, 0.6) is 5.88 Å². The summed E-state index contributed by atoms with van der Waals surface area (Å²) < 4.78 is 6.17. The smallest absolute Gasteiger partial charge is 0.238 e. The molecule has 0 spiro atoms. The minimum Gasteiger partial charge on any atom is -0.479 e. The van der Waals surface area contributed by atoms with Gasteiger partial charge >= 0.3 is 0 Å². The van der Waals surface area contributed by atoms with Crippen LogP contribution in [0, 0.1) is 0 Å². The van der Waals surface area contributed by atoms with E-state index < -0.39 is 0 Å². The minimum atomic E-state index is 0.137. The zero-order valence-corrected chi connectivity index (χ0v) is 12.4. The number of rotatable bonds is 4. The number of nitrogens with one attached hydrogen (secondary N) is 1. The number of pyridine rings is 1. The van der Waals surface area contributed by atoms with Gasteiger partial charge < -0.3 is 15.8 Å². The summed E-state index contributed by atoms with van der Waals surface area (Å²) in [7, 11) is 1.56. The van der Waals surface area contributed by atoms with Gasteiger partial charge in [0.25, 0.3) is 0 Å². The Bertz CT molecular complexity index is 574. The molecule has 0 fully saturated rings. The number of halogens is 1. The molecule has 0 saturated heterocycles. The third-order valence-corrected chi connectivity index (χ3v) is 3.29. The van der Waals surface area contributed by atoms with E-state index in [2.05, 4.69) is 45.3 Å². The van der Waals surface area contributed by atoms with E-state index in [1.165, 1.54) is 5.56 Å². The van der Waals surface area contributed by atoms with Crippen LogP contribution in [-0.4, -0.2) is 12.1 Å². The molecule has 0 radical (unpaired) electrons. The zero-order chi connectivity index (χ0) is 13.8. The van der Waals surface area contributed by atoms with Crippen molar-refractivity contribution in [2.75, 3.05) is 18.2 Å². The van der Waals surface area contributed by atoms with Crippen LogP contribution in [0.3, 0.4) is 0 Å². The molecule has 1 heterocycles. The number of hydrogen-bond donors (Lipinski definition) is 2. The van der Waals surface area contributed by atoms with Crippen LogP contribution in [0.2, 0.25) is 0 Å². The third-order valence-electron chi connectivity index (χ3n) is 2.80. The zero-order valence-electron chi connectivity index (χ0n) is 10.9. The molecular weight excluding hydrogens is 306 g/mol. The molecule has 1 atom stereocenters. The molecule has 0 aliphatic carbocycles. The molecule has 0 aliphatic rings. The predicted molar refractivity (Wildman–Crippen MR) is 81.4 cm³/mol. The van der Waals surface area contributed by atoms with Crippen LogP contribution < -0.4 is 15.8 Å². The van der Waals surface area contributed by atoms with Crippen molar-refractivity contribution in [3.05, 3.63) is 46.4 Å². The highest BCUT2D eigenvalue weighted by atomic mass is 79.9. The molecular formula is C14H16BrN3O. The fraction of sp³-hybridized carbons (Fsp3) is 0.214. The fourth-order valence-electron chi connectivity index (χ4n) is 1.78. The third kappa shape index (κ3) is 3.38. The van der Waals surface area contributed by atoms with E-state index in [1.54, 1.807) is 13.2 Å². The molecule has 5 heteroatoms. The Morgan fingerprint density at radius 1 is 1.32 bits per heavy atom. The molecule has 1 aromatic carbocycles. The summed E-state index contributed by atoms with van der Waals surface area (Å²) in [5, 5.41) is 3.32. The Kier molecular flexibility index (Phi) is 4.27. The lowest BCUT2D eigenvalue weighted by Gasteiger charge is -2.16. The topological polar surface area (TPSA) is 60.2 Å². The standard InChI is InChI=1S/C14H16BrN3O/c1-9(10-4-3-5-11(15)8-10)17-13-7-6-12(16)14(18-13)19-2/h3-9H,16H2,1-2H3,(H,17,18). The van der Waals surface area contributed by atoms with E-state index in [1.807, 2.05) is 18.2 Å². The van der Waals surface area contributed by atoms with Crippen molar-refractivity contribution in [3.8, 4) is 5.88 Å².